The summed E-state index contributed by atoms with van der Waals surface area (Å²) in [6, 6.07) is 6.99. The Labute approximate surface area is 116 Å². The zero-order valence-corrected chi connectivity index (χ0v) is 11.6. The molecule has 0 bridgehead atoms. The standard InChI is InChI=1S/C14H16N2O4/c1-9-6-13(20-16-9)14(17)15-8-10-4-5-11(18-2)7-12(10)19-3/h4-7H,8H2,1-3H3,(H,15,17). The highest BCUT2D eigenvalue weighted by Crippen LogP contribution is 2.24. The number of carbonyl (C=O) groups is 1. The maximum atomic E-state index is 11.8. The van der Waals surface area contributed by atoms with Gasteiger partial charge in [0.15, 0.2) is 0 Å². The van der Waals surface area contributed by atoms with Gasteiger partial charge < -0.3 is 19.3 Å². The Morgan fingerprint density at radius 1 is 1.30 bits per heavy atom. The highest BCUT2D eigenvalue weighted by molar-refractivity contribution is 5.91. The van der Waals surface area contributed by atoms with Gasteiger partial charge in [-0.2, -0.15) is 0 Å². The van der Waals surface area contributed by atoms with E-state index in [0.717, 1.165) is 5.56 Å². The fourth-order valence-corrected chi connectivity index (χ4v) is 1.73. The Kier molecular flexibility index (Phi) is 4.24. The zero-order chi connectivity index (χ0) is 14.5. The van der Waals surface area contributed by atoms with Crippen LogP contribution >= 0.6 is 0 Å². The highest BCUT2D eigenvalue weighted by Gasteiger charge is 2.12. The van der Waals surface area contributed by atoms with E-state index in [4.69, 9.17) is 14.0 Å². The van der Waals surface area contributed by atoms with Crippen molar-refractivity contribution in [3.8, 4) is 11.5 Å². The number of hydrogen-bond donors (Lipinski definition) is 1. The molecule has 20 heavy (non-hydrogen) atoms. The molecule has 1 heterocycles. The second kappa shape index (κ2) is 6.10. The lowest BCUT2D eigenvalue weighted by molar-refractivity contribution is 0.0913. The van der Waals surface area contributed by atoms with E-state index in [9.17, 15) is 4.79 Å². The topological polar surface area (TPSA) is 73.6 Å². The molecule has 0 spiro atoms. The highest BCUT2D eigenvalue weighted by atomic mass is 16.5. The lowest BCUT2D eigenvalue weighted by Crippen LogP contribution is -2.22. The van der Waals surface area contributed by atoms with Crippen LogP contribution in [0.15, 0.2) is 28.8 Å². The predicted octanol–water partition coefficient (Wildman–Crippen LogP) is 1.93. The lowest BCUT2D eigenvalue weighted by atomic mass is 10.2. The summed E-state index contributed by atoms with van der Waals surface area (Å²) in [4.78, 5) is 11.8. The first-order valence-electron chi connectivity index (χ1n) is 6.06. The molecular weight excluding hydrogens is 260 g/mol. The molecule has 1 aromatic heterocycles. The van der Waals surface area contributed by atoms with Crippen LogP contribution in [0.5, 0.6) is 11.5 Å². The number of nitrogens with zero attached hydrogens (tertiary/aromatic N) is 1. The average Bonchev–Trinajstić information content (AvgIpc) is 2.91. The first kappa shape index (κ1) is 13.9. The zero-order valence-electron chi connectivity index (χ0n) is 11.6. The van der Waals surface area contributed by atoms with Crippen molar-refractivity contribution >= 4 is 5.91 Å². The molecule has 0 radical (unpaired) electrons. The summed E-state index contributed by atoms with van der Waals surface area (Å²) >= 11 is 0. The lowest BCUT2D eigenvalue weighted by Gasteiger charge is -2.10. The van der Waals surface area contributed by atoms with Gasteiger partial charge in [0.2, 0.25) is 5.76 Å². The third-order valence-electron chi connectivity index (χ3n) is 2.79. The van der Waals surface area contributed by atoms with Gasteiger partial charge >= 0.3 is 0 Å². The van der Waals surface area contributed by atoms with Crippen molar-refractivity contribution in [3.05, 3.63) is 41.3 Å². The molecule has 1 N–H and O–H groups in total. The molecule has 6 nitrogen and oxygen atoms in total. The Hall–Kier alpha value is -2.50. The summed E-state index contributed by atoms with van der Waals surface area (Å²) in [5, 5.41) is 6.42. The van der Waals surface area contributed by atoms with Gasteiger partial charge in [-0.1, -0.05) is 5.16 Å². The van der Waals surface area contributed by atoms with Crippen LogP contribution in [0.3, 0.4) is 0 Å². The van der Waals surface area contributed by atoms with E-state index in [0.29, 0.717) is 23.7 Å². The summed E-state index contributed by atoms with van der Waals surface area (Å²) < 4.78 is 15.3. The van der Waals surface area contributed by atoms with Crippen molar-refractivity contribution in [1.29, 1.82) is 0 Å². The van der Waals surface area contributed by atoms with Crippen LogP contribution in [0.1, 0.15) is 21.8 Å². The van der Waals surface area contributed by atoms with Crippen molar-refractivity contribution in [3.63, 3.8) is 0 Å². The Morgan fingerprint density at radius 2 is 2.10 bits per heavy atom. The van der Waals surface area contributed by atoms with E-state index < -0.39 is 0 Å². The molecule has 0 saturated heterocycles. The molecule has 0 saturated carbocycles. The first-order valence-corrected chi connectivity index (χ1v) is 6.06. The number of nitrogens with one attached hydrogen (secondary N) is 1. The molecule has 1 amide bonds. The molecule has 0 aliphatic carbocycles. The van der Waals surface area contributed by atoms with Crippen molar-refractivity contribution in [2.45, 2.75) is 13.5 Å². The van der Waals surface area contributed by atoms with Crippen molar-refractivity contribution in [2.24, 2.45) is 0 Å². The van der Waals surface area contributed by atoms with Gasteiger partial charge in [-0.3, -0.25) is 4.79 Å². The smallest absolute Gasteiger partial charge is 0.290 e. The third-order valence-corrected chi connectivity index (χ3v) is 2.79. The van der Waals surface area contributed by atoms with Gasteiger partial charge in [-0.15, -0.1) is 0 Å². The van der Waals surface area contributed by atoms with Crippen LogP contribution in [0.4, 0.5) is 0 Å². The average molecular weight is 276 g/mol. The van der Waals surface area contributed by atoms with Gasteiger partial charge in [0.25, 0.3) is 5.91 Å². The molecule has 6 heteroatoms. The van der Waals surface area contributed by atoms with Crippen LogP contribution in [0, 0.1) is 6.92 Å². The fourth-order valence-electron chi connectivity index (χ4n) is 1.73. The minimum atomic E-state index is -0.316. The number of amides is 1. The maximum absolute atomic E-state index is 11.8. The van der Waals surface area contributed by atoms with Gasteiger partial charge in [-0.05, 0) is 19.1 Å². The molecular formula is C14H16N2O4. The van der Waals surface area contributed by atoms with Gasteiger partial charge in [0.05, 0.1) is 19.9 Å². The van der Waals surface area contributed by atoms with Crippen molar-refractivity contribution < 1.29 is 18.8 Å². The molecule has 1 aromatic carbocycles. The van der Waals surface area contributed by atoms with Crippen LogP contribution in [-0.4, -0.2) is 25.3 Å². The summed E-state index contributed by atoms with van der Waals surface area (Å²) in [7, 11) is 3.16. The van der Waals surface area contributed by atoms with Crippen LogP contribution < -0.4 is 14.8 Å². The normalized spacial score (nSPS) is 10.2. The SMILES string of the molecule is COc1ccc(CNC(=O)c2cc(C)no2)c(OC)c1. The summed E-state index contributed by atoms with van der Waals surface area (Å²) in [5.74, 6) is 1.22. The summed E-state index contributed by atoms with van der Waals surface area (Å²) in [6.45, 7) is 2.08. The monoisotopic (exact) mass is 276 g/mol. The Balaban J connectivity index is 2.05. The molecule has 0 fully saturated rings. The Morgan fingerprint density at radius 3 is 2.70 bits per heavy atom. The number of rotatable bonds is 5. The summed E-state index contributed by atoms with van der Waals surface area (Å²) in [5.41, 5.74) is 1.51. The third kappa shape index (κ3) is 3.09. The number of hydrogen-bond acceptors (Lipinski definition) is 5. The van der Waals surface area contributed by atoms with Gasteiger partial charge in [-0.25, -0.2) is 0 Å². The number of methoxy groups -OCH3 is 2. The van der Waals surface area contributed by atoms with E-state index in [1.54, 1.807) is 33.3 Å². The Bertz CT molecular complexity index is 607. The van der Waals surface area contributed by atoms with Crippen molar-refractivity contribution in [2.75, 3.05) is 14.2 Å². The second-order valence-electron chi connectivity index (χ2n) is 4.19. The number of benzene rings is 1. The van der Waals surface area contributed by atoms with E-state index in [1.807, 2.05) is 12.1 Å². The number of carbonyl (C=O) groups excluding carboxylic acids is 1. The molecule has 0 unspecified atom stereocenters. The molecule has 2 aromatic rings. The van der Waals surface area contributed by atoms with Gasteiger partial charge in [0.1, 0.15) is 11.5 Å². The minimum absolute atomic E-state index is 0.190. The molecule has 106 valence electrons. The number of aromatic nitrogens is 1. The largest absolute Gasteiger partial charge is 0.497 e. The molecule has 0 atom stereocenters. The molecule has 2 rings (SSSR count). The first-order chi connectivity index (χ1) is 9.63. The van der Waals surface area contributed by atoms with E-state index in [-0.39, 0.29) is 11.7 Å². The van der Waals surface area contributed by atoms with Gasteiger partial charge in [0, 0.05) is 24.2 Å². The van der Waals surface area contributed by atoms with Crippen LogP contribution in [0.25, 0.3) is 0 Å². The second-order valence-corrected chi connectivity index (χ2v) is 4.19. The fraction of sp³-hybridized carbons (Fsp3) is 0.286. The number of ether oxygens (including phenoxy) is 2. The summed E-state index contributed by atoms with van der Waals surface area (Å²) in [6.07, 6.45) is 0. The van der Waals surface area contributed by atoms with Crippen LogP contribution in [0.2, 0.25) is 0 Å². The molecule has 0 aliphatic rings. The maximum Gasteiger partial charge on any atom is 0.290 e. The van der Waals surface area contributed by atoms with Crippen LogP contribution in [-0.2, 0) is 6.54 Å². The van der Waals surface area contributed by atoms with E-state index >= 15 is 0 Å². The van der Waals surface area contributed by atoms with Crippen molar-refractivity contribution in [1.82, 2.24) is 10.5 Å². The quantitative estimate of drug-likeness (QED) is 0.903. The predicted molar refractivity (Wildman–Crippen MR) is 72.0 cm³/mol. The number of aryl methyl sites for hydroxylation is 1. The molecule has 0 aliphatic heterocycles. The van der Waals surface area contributed by atoms with E-state index in [1.165, 1.54) is 0 Å². The van der Waals surface area contributed by atoms with E-state index in [2.05, 4.69) is 10.5 Å². The minimum Gasteiger partial charge on any atom is -0.497 e.